The van der Waals surface area contributed by atoms with Gasteiger partial charge in [0.05, 0.1) is 23.5 Å². The van der Waals surface area contributed by atoms with Gasteiger partial charge >= 0.3 is 0 Å². The molecule has 0 fully saturated rings. The highest BCUT2D eigenvalue weighted by Crippen LogP contribution is 2.27. The zero-order chi connectivity index (χ0) is 14.2. The van der Waals surface area contributed by atoms with Gasteiger partial charge in [-0.3, -0.25) is 4.98 Å². The maximum atomic E-state index is 5.92. The molecule has 0 spiro atoms. The summed E-state index contributed by atoms with van der Waals surface area (Å²) in [4.78, 5) is 8.47. The highest BCUT2D eigenvalue weighted by Gasteiger charge is 2.16. The number of hydrogen-bond donors (Lipinski definition) is 1. The lowest BCUT2D eigenvalue weighted by Gasteiger charge is -1.97. The molecule has 0 aliphatic rings. The van der Waals surface area contributed by atoms with Crippen LogP contribution in [-0.4, -0.2) is 24.7 Å². The lowest BCUT2D eigenvalue weighted by atomic mass is 10.2. The van der Waals surface area contributed by atoms with E-state index < -0.39 is 0 Å². The average Bonchev–Trinajstić information content (AvgIpc) is 3.14. The molecular weight excluding hydrogens is 268 g/mol. The van der Waals surface area contributed by atoms with Gasteiger partial charge in [0.25, 0.3) is 5.89 Å². The van der Waals surface area contributed by atoms with Gasteiger partial charge in [-0.1, -0.05) is 17.3 Å². The van der Waals surface area contributed by atoms with Gasteiger partial charge in [-0.2, -0.15) is 10.1 Å². The third kappa shape index (κ3) is 1.83. The van der Waals surface area contributed by atoms with Crippen LogP contribution in [-0.2, 0) is 0 Å². The molecule has 3 aromatic heterocycles. The number of nitrogen functional groups attached to an aromatic ring is 1. The molecule has 4 rings (SSSR count). The minimum absolute atomic E-state index is 0.385. The molecule has 7 nitrogen and oxygen atoms in total. The van der Waals surface area contributed by atoms with Gasteiger partial charge in [0.1, 0.15) is 0 Å². The van der Waals surface area contributed by atoms with Gasteiger partial charge < -0.3 is 10.3 Å². The molecule has 1 aromatic carbocycles. The smallest absolute Gasteiger partial charge is 0.262 e. The Morgan fingerprint density at radius 1 is 1.10 bits per heavy atom. The van der Waals surface area contributed by atoms with Gasteiger partial charge in [0, 0.05) is 23.6 Å². The second-order valence-electron chi connectivity index (χ2n) is 4.47. The number of fused-ring (bicyclic) bond motifs is 1. The van der Waals surface area contributed by atoms with Crippen LogP contribution < -0.4 is 5.73 Å². The Labute approximate surface area is 119 Å². The normalized spacial score (nSPS) is 11.0. The van der Waals surface area contributed by atoms with E-state index >= 15 is 0 Å². The largest absolute Gasteiger partial charge is 0.398 e. The van der Waals surface area contributed by atoms with Gasteiger partial charge in [0.15, 0.2) is 0 Å². The zero-order valence-corrected chi connectivity index (χ0v) is 10.8. The van der Waals surface area contributed by atoms with Gasteiger partial charge in [0.2, 0.25) is 5.82 Å². The van der Waals surface area contributed by atoms with Crippen LogP contribution in [0.25, 0.3) is 28.4 Å². The lowest BCUT2D eigenvalue weighted by Crippen LogP contribution is -1.90. The highest BCUT2D eigenvalue weighted by atomic mass is 16.5. The Hall–Kier alpha value is -3.22. The van der Waals surface area contributed by atoms with Crippen LogP contribution in [0.2, 0.25) is 0 Å². The summed E-state index contributed by atoms with van der Waals surface area (Å²) in [5, 5.41) is 8.21. The second kappa shape index (κ2) is 4.41. The summed E-state index contributed by atoms with van der Waals surface area (Å²) in [6.45, 7) is 0. The van der Waals surface area contributed by atoms with Crippen molar-refractivity contribution in [2.45, 2.75) is 0 Å². The van der Waals surface area contributed by atoms with Crippen LogP contribution in [0.4, 0.5) is 5.69 Å². The fourth-order valence-electron chi connectivity index (χ4n) is 2.14. The van der Waals surface area contributed by atoms with Crippen LogP contribution >= 0.6 is 0 Å². The molecule has 0 unspecified atom stereocenters. The van der Waals surface area contributed by atoms with Crippen LogP contribution in [0.5, 0.6) is 0 Å². The summed E-state index contributed by atoms with van der Waals surface area (Å²) in [5.74, 6) is 0.836. The highest BCUT2D eigenvalue weighted by molar-refractivity contribution is 5.76. The molecule has 0 amide bonds. The summed E-state index contributed by atoms with van der Waals surface area (Å²) in [7, 11) is 0. The molecule has 4 aromatic rings. The minimum Gasteiger partial charge on any atom is -0.398 e. The molecule has 0 radical (unpaired) electrons. The second-order valence-corrected chi connectivity index (χ2v) is 4.47. The van der Waals surface area contributed by atoms with E-state index in [9.17, 15) is 0 Å². The maximum Gasteiger partial charge on any atom is 0.262 e. The first-order valence-electron chi connectivity index (χ1n) is 6.29. The van der Waals surface area contributed by atoms with Crippen LogP contribution in [0.3, 0.4) is 0 Å². The van der Waals surface area contributed by atoms with Gasteiger partial charge in [-0.05, 0) is 12.1 Å². The number of anilines is 1. The molecule has 0 saturated carbocycles. The number of benzene rings is 1. The summed E-state index contributed by atoms with van der Waals surface area (Å²) < 4.78 is 7.03. The SMILES string of the molecule is Nc1ccccc1-c1noc(-c2cnn3ccncc23)n1. The fourth-order valence-corrected chi connectivity index (χ4v) is 2.14. The third-order valence-electron chi connectivity index (χ3n) is 3.18. The predicted molar refractivity (Wildman–Crippen MR) is 76.1 cm³/mol. The zero-order valence-electron chi connectivity index (χ0n) is 10.8. The van der Waals surface area contributed by atoms with Crippen molar-refractivity contribution in [3.63, 3.8) is 0 Å². The number of para-hydroxylation sites is 1. The van der Waals surface area contributed by atoms with Crippen LogP contribution in [0, 0.1) is 0 Å². The molecule has 21 heavy (non-hydrogen) atoms. The fraction of sp³-hybridized carbons (Fsp3) is 0. The standard InChI is InChI=1S/C14H10N6O/c15-11-4-2-1-3-9(11)13-18-14(21-19-13)10-7-17-20-6-5-16-8-12(10)20/h1-8H,15H2. The quantitative estimate of drug-likeness (QED) is 0.564. The van der Waals surface area contributed by atoms with Crippen molar-refractivity contribution in [1.29, 1.82) is 0 Å². The molecule has 0 aliphatic heterocycles. The Balaban J connectivity index is 1.83. The molecule has 0 bridgehead atoms. The van der Waals surface area contributed by atoms with Gasteiger partial charge in [-0.25, -0.2) is 4.52 Å². The lowest BCUT2D eigenvalue weighted by molar-refractivity contribution is 0.432. The van der Waals surface area contributed by atoms with E-state index in [1.807, 2.05) is 18.2 Å². The van der Waals surface area contributed by atoms with E-state index in [2.05, 4.69) is 20.2 Å². The molecule has 0 atom stereocenters. The van der Waals surface area contributed by atoms with E-state index in [1.165, 1.54) is 0 Å². The summed E-state index contributed by atoms with van der Waals surface area (Å²) in [5.41, 5.74) is 8.80. The minimum atomic E-state index is 0.385. The summed E-state index contributed by atoms with van der Waals surface area (Å²) in [6.07, 6.45) is 6.78. The average molecular weight is 278 g/mol. The molecule has 102 valence electrons. The first kappa shape index (κ1) is 11.6. The number of aromatic nitrogens is 5. The van der Waals surface area contributed by atoms with E-state index in [-0.39, 0.29) is 0 Å². The van der Waals surface area contributed by atoms with E-state index in [0.29, 0.717) is 17.4 Å². The molecule has 3 heterocycles. The van der Waals surface area contributed by atoms with Crippen LogP contribution in [0.15, 0.2) is 53.6 Å². The molecule has 7 heteroatoms. The number of rotatable bonds is 2. The van der Waals surface area contributed by atoms with Crippen molar-refractivity contribution in [2.24, 2.45) is 0 Å². The first-order valence-corrected chi connectivity index (χ1v) is 6.29. The molecule has 0 saturated heterocycles. The van der Waals surface area contributed by atoms with Crippen molar-refractivity contribution in [2.75, 3.05) is 5.73 Å². The topological polar surface area (TPSA) is 95.1 Å². The van der Waals surface area contributed by atoms with E-state index in [1.54, 1.807) is 35.4 Å². The van der Waals surface area contributed by atoms with Crippen molar-refractivity contribution >= 4 is 11.2 Å². The van der Waals surface area contributed by atoms with Crippen molar-refractivity contribution in [3.8, 4) is 22.8 Å². The molecule has 0 aliphatic carbocycles. The van der Waals surface area contributed by atoms with Crippen molar-refractivity contribution < 1.29 is 4.52 Å². The predicted octanol–water partition coefficient (Wildman–Crippen LogP) is 2.03. The summed E-state index contributed by atoms with van der Waals surface area (Å²) in [6, 6.07) is 7.38. The Morgan fingerprint density at radius 3 is 2.90 bits per heavy atom. The summed E-state index contributed by atoms with van der Waals surface area (Å²) >= 11 is 0. The van der Waals surface area contributed by atoms with Crippen LogP contribution in [0.1, 0.15) is 0 Å². The van der Waals surface area contributed by atoms with Gasteiger partial charge in [-0.15, -0.1) is 0 Å². The number of hydrogen-bond acceptors (Lipinski definition) is 6. The van der Waals surface area contributed by atoms with Crippen molar-refractivity contribution in [3.05, 3.63) is 49.1 Å². The molecular formula is C14H10N6O. The van der Waals surface area contributed by atoms with E-state index in [4.69, 9.17) is 10.3 Å². The van der Waals surface area contributed by atoms with E-state index in [0.717, 1.165) is 16.6 Å². The first-order chi connectivity index (χ1) is 10.3. The Morgan fingerprint density at radius 2 is 2.00 bits per heavy atom. The monoisotopic (exact) mass is 278 g/mol. The maximum absolute atomic E-state index is 5.92. The third-order valence-corrected chi connectivity index (χ3v) is 3.18. The van der Waals surface area contributed by atoms with Crippen molar-refractivity contribution in [1.82, 2.24) is 24.7 Å². The Bertz CT molecular complexity index is 926. The number of nitrogens with two attached hydrogens (primary N) is 1. The molecule has 2 N–H and O–H groups in total. The number of nitrogens with zero attached hydrogens (tertiary/aromatic N) is 5. The Kier molecular flexibility index (Phi) is 2.43.